The third-order valence-electron chi connectivity index (χ3n) is 14.5. The number of nitrogens with zero attached hydrogens (tertiary/aromatic N) is 2. The molecule has 0 spiro atoms. The maximum Gasteiger partial charge on any atom is 0.243 e. The van der Waals surface area contributed by atoms with Gasteiger partial charge >= 0.3 is 0 Å². The maximum atomic E-state index is 13.2. The van der Waals surface area contributed by atoms with Crippen molar-refractivity contribution in [1.82, 2.24) is 13.9 Å². The molecular formula is C58H83N4O4S2Y3-3. The first-order chi connectivity index (χ1) is 31.2. The molecule has 3 saturated carbocycles. The molecule has 9 unspecified atom stereocenters. The summed E-state index contributed by atoms with van der Waals surface area (Å²) in [6, 6.07) is 45.1. The fourth-order valence-corrected chi connectivity index (χ4v) is 14.0. The van der Waals surface area contributed by atoms with Crippen LogP contribution in [0.25, 0.3) is 0 Å². The summed E-state index contributed by atoms with van der Waals surface area (Å²) in [5.41, 5.74) is 12.4. The van der Waals surface area contributed by atoms with Gasteiger partial charge < -0.3 is 33.3 Å². The maximum absolute atomic E-state index is 13.2. The van der Waals surface area contributed by atoms with Crippen molar-refractivity contribution in [2.24, 2.45) is 34.3 Å². The molecule has 3 saturated heterocycles. The molecule has 3 aliphatic carbocycles. The SMILES string of the molecule is CC.CC.CC.CC12CC1CNC2c1ccccc1.Cc1ccc(S(=O)(=O)N2CC3CC3(C)C2c2ccccc2)cc1.Cc1ccc(S(=O)(=O)N2CC3CC3(N)C2c2ccccc2)cc1.[CH3-].[CH3-].[CH3-].[Y].[Y].[Y]. The van der Waals surface area contributed by atoms with Gasteiger partial charge in [-0.3, -0.25) is 0 Å². The summed E-state index contributed by atoms with van der Waals surface area (Å²) in [6.45, 7) is 22.9. The summed E-state index contributed by atoms with van der Waals surface area (Å²) in [7, 11) is -7.00. The first-order valence-electron chi connectivity index (χ1n) is 24.0. The van der Waals surface area contributed by atoms with E-state index in [9.17, 15) is 16.8 Å². The fourth-order valence-electron chi connectivity index (χ4n) is 10.5. The zero-order chi connectivity index (χ0) is 47.4. The minimum Gasteiger partial charge on any atom is -0.358 e. The van der Waals surface area contributed by atoms with Crippen molar-refractivity contribution >= 4 is 20.0 Å². The smallest absolute Gasteiger partial charge is 0.243 e. The number of hydrogen-bond acceptors (Lipinski definition) is 6. The minimum absolute atomic E-state index is 0. The van der Waals surface area contributed by atoms with E-state index in [0.717, 1.165) is 41.0 Å². The van der Waals surface area contributed by atoms with Crippen LogP contribution in [-0.2, 0) is 118 Å². The van der Waals surface area contributed by atoms with Crippen molar-refractivity contribution < 1.29 is 115 Å². The zero-order valence-corrected chi connectivity index (χ0v) is 55.3. The van der Waals surface area contributed by atoms with Crippen LogP contribution in [0.4, 0.5) is 0 Å². The Bertz CT molecular complexity index is 2400. The summed E-state index contributed by atoms with van der Waals surface area (Å²) < 4.78 is 55.9. The van der Waals surface area contributed by atoms with Crippen molar-refractivity contribution in [2.45, 2.75) is 122 Å². The molecule has 6 fully saturated rings. The molecule has 5 aromatic rings. The molecule has 3 aliphatic heterocycles. The molecule has 11 rings (SSSR count). The number of aryl methyl sites for hydroxylation is 2. The third-order valence-corrected chi connectivity index (χ3v) is 18.2. The van der Waals surface area contributed by atoms with Crippen molar-refractivity contribution in [3.8, 4) is 0 Å². The van der Waals surface area contributed by atoms with Crippen LogP contribution in [0.5, 0.6) is 0 Å². The van der Waals surface area contributed by atoms with Gasteiger partial charge in [-0.15, -0.1) is 0 Å². The molecule has 71 heavy (non-hydrogen) atoms. The summed E-state index contributed by atoms with van der Waals surface area (Å²) in [5, 5.41) is 3.61. The Morgan fingerprint density at radius 2 is 0.831 bits per heavy atom. The molecule has 6 aliphatic rings. The first kappa shape index (κ1) is 70.2. The van der Waals surface area contributed by atoms with Gasteiger partial charge in [0.15, 0.2) is 0 Å². The number of piperidine rings is 3. The van der Waals surface area contributed by atoms with Crippen LogP contribution in [0.2, 0.25) is 0 Å². The Morgan fingerprint density at radius 1 is 0.479 bits per heavy atom. The molecule has 0 aromatic heterocycles. The van der Waals surface area contributed by atoms with Gasteiger partial charge in [0.2, 0.25) is 20.0 Å². The summed E-state index contributed by atoms with van der Waals surface area (Å²) in [6.07, 6.45) is 3.43. The molecule has 0 bridgehead atoms. The third kappa shape index (κ3) is 14.8. The average Bonchev–Trinajstić information content (AvgIpc) is 4.24. The topological polar surface area (TPSA) is 113 Å². The van der Waals surface area contributed by atoms with Gasteiger partial charge in [0.05, 0.1) is 21.9 Å². The molecule has 8 nitrogen and oxygen atoms in total. The Kier molecular flexibility index (Phi) is 29.3. The Hall–Kier alpha value is -0.848. The number of nitrogens with two attached hydrogens (primary N) is 1. The average molecular weight is 1230 g/mol. The number of nitrogens with one attached hydrogen (secondary N) is 1. The fraction of sp³-hybridized carbons (Fsp3) is 0.431. The minimum atomic E-state index is -3.54. The number of sulfonamides is 2. The molecule has 3 N–H and O–H groups in total. The van der Waals surface area contributed by atoms with E-state index in [0.29, 0.717) is 40.3 Å². The van der Waals surface area contributed by atoms with Crippen LogP contribution in [0, 0.1) is 64.7 Å². The van der Waals surface area contributed by atoms with Crippen molar-refractivity contribution in [2.75, 3.05) is 19.6 Å². The van der Waals surface area contributed by atoms with Crippen LogP contribution in [0.15, 0.2) is 149 Å². The van der Waals surface area contributed by atoms with Crippen molar-refractivity contribution in [3.05, 3.63) is 190 Å². The number of hydrogen-bond donors (Lipinski definition) is 2. The van der Waals surface area contributed by atoms with E-state index in [1.807, 2.05) is 140 Å². The van der Waals surface area contributed by atoms with Crippen LogP contribution in [-0.4, -0.2) is 50.6 Å². The number of benzene rings is 5. The second kappa shape index (κ2) is 29.6. The second-order valence-electron chi connectivity index (χ2n) is 18.5. The number of fused-ring (bicyclic) bond motifs is 3. The van der Waals surface area contributed by atoms with Crippen LogP contribution >= 0.6 is 0 Å². The van der Waals surface area contributed by atoms with E-state index < -0.39 is 25.6 Å². The van der Waals surface area contributed by atoms with Crippen molar-refractivity contribution in [3.63, 3.8) is 0 Å². The van der Waals surface area contributed by atoms with Gasteiger partial charge in [0.1, 0.15) is 0 Å². The van der Waals surface area contributed by atoms with E-state index in [1.165, 1.54) is 18.5 Å². The van der Waals surface area contributed by atoms with Gasteiger partial charge in [0, 0.05) is 123 Å². The first-order valence-corrected chi connectivity index (χ1v) is 26.9. The van der Waals surface area contributed by atoms with Gasteiger partial charge in [-0.2, -0.15) is 8.61 Å². The van der Waals surface area contributed by atoms with E-state index >= 15 is 0 Å². The molecule has 5 aromatic carbocycles. The Labute approximate surface area is 508 Å². The van der Waals surface area contributed by atoms with E-state index in [1.54, 1.807) is 32.9 Å². The predicted octanol–water partition coefficient (Wildman–Crippen LogP) is 13.0. The summed E-state index contributed by atoms with van der Waals surface area (Å²) in [4.78, 5) is 0.739. The summed E-state index contributed by atoms with van der Waals surface area (Å²) in [5.74, 6) is 1.68. The standard InChI is InChI=1S/C19H21NO2S.C18H20N2O2S.C12H15N.3C2H6.3CH3.3Y/c1-14-8-10-17(11-9-14)23(21,22)20-13-16-12-19(16,2)18(20)15-6-4-3-5-7-15;1-13-7-9-16(10-8-13)23(21,22)20-12-15-11-18(15,19)17(20)14-5-3-2-4-6-14;1-12-7-10(12)8-13-11(12)9-5-3-2-4-6-9;3*1-2;;;;;;/h3-11,16,18H,12-13H2,1-2H3;2-10,15,17H,11-12,19H2,1H3;2-6,10-11,13H,7-8H2,1H3;3*1-2H3;3*1H3;;;/q;;;;;;3*-1;;;. The number of rotatable bonds is 7. The van der Waals surface area contributed by atoms with Crippen molar-refractivity contribution in [1.29, 1.82) is 0 Å². The largest absolute Gasteiger partial charge is 0.358 e. The van der Waals surface area contributed by atoms with Gasteiger partial charge in [-0.05, 0) is 109 Å². The van der Waals surface area contributed by atoms with Crippen LogP contribution in [0.1, 0.15) is 121 Å². The van der Waals surface area contributed by atoms with E-state index in [4.69, 9.17) is 5.73 Å². The predicted molar refractivity (Wildman–Crippen MR) is 286 cm³/mol. The van der Waals surface area contributed by atoms with Crippen LogP contribution < -0.4 is 11.1 Å². The quantitative estimate of drug-likeness (QED) is 0.157. The zero-order valence-electron chi connectivity index (χ0n) is 45.1. The molecular weight excluding hydrogens is 1150 g/mol. The Morgan fingerprint density at radius 3 is 1.21 bits per heavy atom. The molecule has 13 heteroatoms. The Balaban J connectivity index is 0.000000970. The van der Waals surface area contributed by atoms with Gasteiger partial charge in [-0.25, -0.2) is 16.8 Å². The molecule has 3 heterocycles. The van der Waals surface area contributed by atoms with Gasteiger partial charge in [0.25, 0.3) is 0 Å². The van der Waals surface area contributed by atoms with Gasteiger partial charge in [-0.1, -0.05) is 182 Å². The normalized spacial score (nSPS) is 27.4. The molecule has 3 radical (unpaired) electrons. The van der Waals surface area contributed by atoms with Crippen LogP contribution in [0.3, 0.4) is 0 Å². The molecule has 383 valence electrons. The second-order valence-corrected chi connectivity index (χ2v) is 22.3. The van der Waals surface area contributed by atoms with E-state index in [2.05, 4.69) is 49.5 Å². The summed E-state index contributed by atoms with van der Waals surface area (Å²) >= 11 is 0. The molecule has 0 amide bonds. The monoisotopic (exact) mass is 1230 g/mol. The van der Waals surface area contributed by atoms with E-state index in [-0.39, 0.29) is 144 Å². The molecule has 9 atom stereocenters.